The Labute approximate surface area is 158 Å². The lowest BCUT2D eigenvalue weighted by Gasteiger charge is -2.36. The third kappa shape index (κ3) is 4.30. The number of carbonyl (C=O) groups is 2. The summed E-state index contributed by atoms with van der Waals surface area (Å²) in [4.78, 5) is 29.5. The van der Waals surface area contributed by atoms with Crippen molar-refractivity contribution in [2.24, 2.45) is 5.92 Å². The second kappa shape index (κ2) is 8.43. The summed E-state index contributed by atoms with van der Waals surface area (Å²) in [5.74, 6) is 1.73. The number of likely N-dealkylation sites (tertiary alicyclic amines) is 1. The van der Waals surface area contributed by atoms with Crippen molar-refractivity contribution in [2.75, 3.05) is 38.3 Å². The monoisotopic (exact) mass is 381 g/mol. The molecule has 1 aromatic rings. The van der Waals surface area contributed by atoms with Gasteiger partial charge in [0.15, 0.2) is 0 Å². The fourth-order valence-corrected chi connectivity index (χ4v) is 4.81. The molecule has 3 rings (SSSR count). The van der Waals surface area contributed by atoms with Crippen molar-refractivity contribution < 1.29 is 9.59 Å². The molecule has 7 heteroatoms. The average molecular weight is 382 g/mol. The molecule has 2 unspecified atom stereocenters. The number of thioether (sulfide) groups is 1. The Morgan fingerprint density at radius 1 is 1.32 bits per heavy atom. The van der Waals surface area contributed by atoms with Crippen molar-refractivity contribution in [2.45, 2.75) is 18.9 Å². The SMILES string of the molecule is CNCC1CCCN(C(=O)C2CSCN2C(=O)c2ccc(Cl)cc2)C1. The van der Waals surface area contributed by atoms with Gasteiger partial charge in [0.25, 0.3) is 5.91 Å². The van der Waals surface area contributed by atoms with Crippen molar-refractivity contribution in [3.8, 4) is 0 Å². The van der Waals surface area contributed by atoms with E-state index in [9.17, 15) is 9.59 Å². The predicted octanol–water partition coefficient (Wildman–Crippen LogP) is 2.31. The summed E-state index contributed by atoms with van der Waals surface area (Å²) in [5, 5.41) is 3.80. The summed E-state index contributed by atoms with van der Waals surface area (Å²) < 4.78 is 0. The molecule has 1 aromatic carbocycles. The molecule has 2 amide bonds. The van der Waals surface area contributed by atoms with Gasteiger partial charge in [0, 0.05) is 29.4 Å². The van der Waals surface area contributed by atoms with E-state index in [4.69, 9.17) is 11.6 Å². The fourth-order valence-electron chi connectivity index (χ4n) is 3.54. The second-order valence-corrected chi connectivity index (χ2v) is 8.08. The second-order valence-electron chi connectivity index (χ2n) is 6.65. The molecule has 0 aromatic heterocycles. The zero-order chi connectivity index (χ0) is 17.8. The molecule has 2 heterocycles. The van der Waals surface area contributed by atoms with E-state index in [1.54, 1.807) is 40.9 Å². The number of benzene rings is 1. The standard InChI is InChI=1S/C18H24ClN3O2S/c1-20-9-13-3-2-8-21(10-13)18(24)16-11-25-12-22(16)17(23)14-4-6-15(19)7-5-14/h4-7,13,16,20H,2-3,8-12H2,1H3. The Morgan fingerprint density at radius 2 is 2.08 bits per heavy atom. The zero-order valence-electron chi connectivity index (χ0n) is 14.4. The van der Waals surface area contributed by atoms with Gasteiger partial charge in [0.1, 0.15) is 6.04 Å². The van der Waals surface area contributed by atoms with Crippen molar-refractivity contribution in [1.82, 2.24) is 15.1 Å². The highest BCUT2D eigenvalue weighted by Gasteiger charge is 2.38. The number of hydrogen-bond donors (Lipinski definition) is 1. The molecule has 0 saturated carbocycles. The number of nitrogens with one attached hydrogen (secondary N) is 1. The maximum Gasteiger partial charge on any atom is 0.255 e. The quantitative estimate of drug-likeness (QED) is 0.869. The summed E-state index contributed by atoms with van der Waals surface area (Å²) in [6, 6.07) is 6.50. The Balaban J connectivity index is 1.69. The topological polar surface area (TPSA) is 52.7 Å². The van der Waals surface area contributed by atoms with Crippen LogP contribution in [0.1, 0.15) is 23.2 Å². The number of nitrogens with zero attached hydrogens (tertiary/aromatic N) is 2. The van der Waals surface area contributed by atoms with Crippen LogP contribution in [-0.4, -0.2) is 66.0 Å². The van der Waals surface area contributed by atoms with E-state index in [1.807, 2.05) is 11.9 Å². The molecule has 2 aliphatic rings. The molecule has 0 bridgehead atoms. The van der Waals surface area contributed by atoms with Crippen molar-refractivity contribution >= 4 is 35.2 Å². The van der Waals surface area contributed by atoms with Gasteiger partial charge in [-0.25, -0.2) is 0 Å². The molecule has 2 atom stereocenters. The van der Waals surface area contributed by atoms with Crippen molar-refractivity contribution in [3.63, 3.8) is 0 Å². The molecule has 0 aliphatic carbocycles. The summed E-state index contributed by atoms with van der Waals surface area (Å²) in [6.45, 7) is 2.50. The Bertz CT molecular complexity index is 623. The van der Waals surface area contributed by atoms with Gasteiger partial charge in [-0.2, -0.15) is 0 Å². The van der Waals surface area contributed by atoms with Crippen LogP contribution in [0.4, 0.5) is 0 Å². The Hall–Kier alpha value is -1.24. The highest BCUT2D eigenvalue weighted by atomic mass is 35.5. The highest BCUT2D eigenvalue weighted by Crippen LogP contribution is 2.27. The largest absolute Gasteiger partial charge is 0.341 e. The number of piperidine rings is 1. The fraction of sp³-hybridized carbons (Fsp3) is 0.556. The molecule has 25 heavy (non-hydrogen) atoms. The number of carbonyl (C=O) groups excluding carboxylic acids is 2. The van der Waals surface area contributed by atoms with Crippen molar-refractivity contribution in [3.05, 3.63) is 34.9 Å². The van der Waals surface area contributed by atoms with Crippen LogP contribution in [-0.2, 0) is 4.79 Å². The van der Waals surface area contributed by atoms with Gasteiger partial charge in [-0.1, -0.05) is 11.6 Å². The minimum Gasteiger partial charge on any atom is -0.341 e. The molecule has 0 spiro atoms. The molecule has 1 N–H and O–H groups in total. The van der Waals surface area contributed by atoms with Crippen LogP contribution in [0, 0.1) is 5.92 Å². The van der Waals surface area contributed by atoms with Gasteiger partial charge in [-0.15, -0.1) is 11.8 Å². The number of amides is 2. The minimum atomic E-state index is -0.360. The first-order chi connectivity index (χ1) is 12.1. The predicted molar refractivity (Wildman–Crippen MR) is 102 cm³/mol. The molecule has 2 fully saturated rings. The summed E-state index contributed by atoms with van der Waals surface area (Å²) >= 11 is 7.54. The number of rotatable bonds is 4. The van der Waals surface area contributed by atoms with Gasteiger partial charge < -0.3 is 15.1 Å². The lowest BCUT2D eigenvalue weighted by Crippen LogP contribution is -2.52. The molecule has 0 radical (unpaired) electrons. The maximum atomic E-state index is 13.0. The van der Waals surface area contributed by atoms with Gasteiger partial charge in [-0.05, 0) is 56.6 Å². The van der Waals surface area contributed by atoms with E-state index in [0.29, 0.717) is 28.1 Å². The van der Waals surface area contributed by atoms with Crippen LogP contribution in [0.3, 0.4) is 0 Å². The van der Waals surface area contributed by atoms with Crippen LogP contribution in [0.25, 0.3) is 0 Å². The zero-order valence-corrected chi connectivity index (χ0v) is 16.0. The smallest absolute Gasteiger partial charge is 0.255 e. The third-order valence-electron chi connectivity index (χ3n) is 4.84. The van der Waals surface area contributed by atoms with Crippen molar-refractivity contribution in [1.29, 1.82) is 0 Å². The van der Waals surface area contributed by atoms with E-state index in [0.717, 1.165) is 32.5 Å². The molecule has 136 valence electrons. The normalized spacial score (nSPS) is 23.8. The van der Waals surface area contributed by atoms with E-state index >= 15 is 0 Å². The number of hydrogen-bond acceptors (Lipinski definition) is 4. The van der Waals surface area contributed by atoms with Crippen LogP contribution in [0.5, 0.6) is 0 Å². The lowest BCUT2D eigenvalue weighted by atomic mass is 9.97. The first kappa shape index (κ1) is 18.5. The van der Waals surface area contributed by atoms with E-state index in [-0.39, 0.29) is 17.9 Å². The maximum absolute atomic E-state index is 13.0. The molecule has 5 nitrogen and oxygen atoms in total. The number of halogens is 1. The molecule has 2 saturated heterocycles. The minimum absolute atomic E-state index is 0.0908. The summed E-state index contributed by atoms with van der Waals surface area (Å²) in [7, 11) is 1.95. The Kier molecular flexibility index (Phi) is 6.25. The van der Waals surface area contributed by atoms with E-state index in [1.165, 1.54) is 0 Å². The van der Waals surface area contributed by atoms with Gasteiger partial charge in [-0.3, -0.25) is 9.59 Å². The lowest BCUT2D eigenvalue weighted by molar-refractivity contribution is -0.136. The van der Waals surface area contributed by atoms with Crippen LogP contribution >= 0.6 is 23.4 Å². The molecule has 2 aliphatic heterocycles. The first-order valence-corrected chi connectivity index (χ1v) is 10.2. The van der Waals surface area contributed by atoms with Crippen LogP contribution in [0.15, 0.2) is 24.3 Å². The first-order valence-electron chi connectivity index (χ1n) is 8.68. The highest BCUT2D eigenvalue weighted by molar-refractivity contribution is 7.99. The van der Waals surface area contributed by atoms with E-state index < -0.39 is 0 Å². The molecular weight excluding hydrogens is 358 g/mol. The van der Waals surface area contributed by atoms with Crippen LogP contribution < -0.4 is 5.32 Å². The van der Waals surface area contributed by atoms with Gasteiger partial charge in [0.05, 0.1) is 5.88 Å². The average Bonchev–Trinajstić information content (AvgIpc) is 3.11. The van der Waals surface area contributed by atoms with Gasteiger partial charge >= 0.3 is 0 Å². The third-order valence-corrected chi connectivity index (χ3v) is 6.11. The Morgan fingerprint density at radius 3 is 2.80 bits per heavy atom. The van der Waals surface area contributed by atoms with E-state index in [2.05, 4.69) is 5.32 Å². The molecular formula is C18H24ClN3O2S. The van der Waals surface area contributed by atoms with Crippen LogP contribution in [0.2, 0.25) is 5.02 Å². The van der Waals surface area contributed by atoms with Gasteiger partial charge in [0.2, 0.25) is 5.91 Å². The summed E-state index contributed by atoms with van der Waals surface area (Å²) in [5.41, 5.74) is 0.580. The summed E-state index contributed by atoms with van der Waals surface area (Å²) in [6.07, 6.45) is 2.18.